The number of allylic oxidation sites excluding steroid dienone is 4. The second kappa shape index (κ2) is 20.4. The Morgan fingerprint density at radius 2 is 0.853 bits per heavy atom. The minimum absolute atomic E-state index is 0.0546. The van der Waals surface area contributed by atoms with Gasteiger partial charge in [0.15, 0.2) is 0 Å². The molecule has 0 radical (unpaired) electrons. The van der Waals surface area contributed by atoms with Gasteiger partial charge in [0, 0.05) is 39.3 Å². The molecule has 0 aromatic rings. The zero-order valence-corrected chi connectivity index (χ0v) is 21.2. The van der Waals surface area contributed by atoms with Gasteiger partial charge in [-0.25, -0.2) is 0 Å². The lowest BCUT2D eigenvalue weighted by atomic mass is 10.2. The Balaban J connectivity index is 4.62. The van der Waals surface area contributed by atoms with Crippen molar-refractivity contribution < 1.29 is 19.2 Å². The number of rotatable bonds is 17. The SMILES string of the molecule is C/C=C/C(=O)NCCCN(CCCCN(CCCNC(=O)/C=C/C)C(=O)/C=C/C)C(=O)/C=C/C. The fraction of sp³-hybridized carbons (Fsp3) is 0.538. The van der Waals surface area contributed by atoms with E-state index in [9.17, 15) is 19.2 Å². The van der Waals surface area contributed by atoms with Crippen LogP contribution in [0.25, 0.3) is 0 Å². The predicted molar refractivity (Wildman–Crippen MR) is 137 cm³/mol. The molecule has 0 bridgehead atoms. The van der Waals surface area contributed by atoms with Crippen molar-refractivity contribution in [2.45, 2.75) is 53.4 Å². The standard InChI is InChI=1S/C26H42N4O4/c1-5-13-23(31)27-17-11-21-29(25(33)15-7-3)19-9-10-20-30(26(34)16-8-4)22-12-18-28-24(32)14-6-2/h5-8,13-16H,9-12,17-22H2,1-4H3,(H,27,31)(H,28,32)/b13-5+,14-6+,15-7+,16-8+. The lowest BCUT2D eigenvalue weighted by Crippen LogP contribution is -2.36. The fourth-order valence-corrected chi connectivity index (χ4v) is 3.15. The zero-order chi connectivity index (χ0) is 25.6. The molecule has 8 nitrogen and oxygen atoms in total. The largest absolute Gasteiger partial charge is 0.352 e. The van der Waals surface area contributed by atoms with Crippen LogP contribution in [-0.2, 0) is 19.2 Å². The van der Waals surface area contributed by atoms with Crippen LogP contribution in [0.15, 0.2) is 48.6 Å². The van der Waals surface area contributed by atoms with E-state index < -0.39 is 0 Å². The van der Waals surface area contributed by atoms with Crippen LogP contribution in [0.2, 0.25) is 0 Å². The van der Waals surface area contributed by atoms with Crippen molar-refractivity contribution in [1.29, 1.82) is 0 Å². The van der Waals surface area contributed by atoms with Crippen molar-refractivity contribution in [3.8, 4) is 0 Å². The molecule has 0 spiro atoms. The maximum absolute atomic E-state index is 12.4. The first-order chi connectivity index (χ1) is 16.4. The topological polar surface area (TPSA) is 98.8 Å². The summed E-state index contributed by atoms with van der Waals surface area (Å²) >= 11 is 0. The molecule has 0 aromatic heterocycles. The van der Waals surface area contributed by atoms with Crippen LogP contribution in [0.4, 0.5) is 0 Å². The number of unbranched alkanes of at least 4 members (excludes halogenated alkanes) is 1. The average Bonchev–Trinajstić information content (AvgIpc) is 2.79. The highest BCUT2D eigenvalue weighted by Crippen LogP contribution is 2.03. The summed E-state index contributed by atoms with van der Waals surface area (Å²) < 4.78 is 0. The van der Waals surface area contributed by atoms with Crippen LogP contribution in [-0.4, -0.2) is 72.7 Å². The van der Waals surface area contributed by atoms with E-state index in [0.29, 0.717) is 52.1 Å². The van der Waals surface area contributed by atoms with Crippen molar-refractivity contribution in [3.05, 3.63) is 48.6 Å². The number of hydrogen-bond acceptors (Lipinski definition) is 4. The highest BCUT2D eigenvalue weighted by atomic mass is 16.2. The van der Waals surface area contributed by atoms with Crippen LogP contribution < -0.4 is 10.6 Å². The Hall–Kier alpha value is -3.16. The number of carbonyl (C=O) groups is 4. The van der Waals surface area contributed by atoms with Crippen LogP contribution in [0.3, 0.4) is 0 Å². The Morgan fingerprint density at radius 1 is 0.529 bits per heavy atom. The van der Waals surface area contributed by atoms with Gasteiger partial charge in [0.25, 0.3) is 0 Å². The van der Waals surface area contributed by atoms with Crippen molar-refractivity contribution in [3.63, 3.8) is 0 Å². The average molecular weight is 475 g/mol. The molecule has 8 heteroatoms. The van der Waals surface area contributed by atoms with Crippen LogP contribution in [0, 0.1) is 0 Å². The van der Waals surface area contributed by atoms with E-state index in [1.807, 2.05) is 0 Å². The van der Waals surface area contributed by atoms with Crippen molar-refractivity contribution in [1.82, 2.24) is 20.4 Å². The van der Waals surface area contributed by atoms with E-state index in [1.54, 1.807) is 74.0 Å². The minimum Gasteiger partial charge on any atom is -0.352 e. The minimum atomic E-state index is -0.138. The molecular formula is C26H42N4O4. The van der Waals surface area contributed by atoms with Gasteiger partial charge < -0.3 is 20.4 Å². The lowest BCUT2D eigenvalue weighted by molar-refractivity contribution is -0.127. The summed E-state index contributed by atoms with van der Waals surface area (Å²) in [5, 5.41) is 5.59. The van der Waals surface area contributed by atoms with Crippen LogP contribution in [0.1, 0.15) is 53.4 Å². The molecule has 190 valence electrons. The summed E-state index contributed by atoms with van der Waals surface area (Å²) in [7, 11) is 0. The molecule has 0 saturated heterocycles. The first kappa shape index (κ1) is 30.8. The molecule has 0 atom stereocenters. The van der Waals surface area contributed by atoms with Crippen molar-refractivity contribution >= 4 is 23.6 Å². The van der Waals surface area contributed by atoms with Crippen LogP contribution >= 0.6 is 0 Å². The zero-order valence-electron chi connectivity index (χ0n) is 21.2. The molecule has 0 aliphatic carbocycles. The summed E-state index contributed by atoms with van der Waals surface area (Å²) in [4.78, 5) is 51.4. The van der Waals surface area contributed by atoms with Gasteiger partial charge in [-0.3, -0.25) is 19.2 Å². The second-order valence-corrected chi connectivity index (χ2v) is 7.65. The number of nitrogens with one attached hydrogen (secondary N) is 2. The molecule has 0 rings (SSSR count). The summed E-state index contributed by atoms with van der Waals surface area (Å²) in [6.45, 7) is 10.4. The first-order valence-corrected chi connectivity index (χ1v) is 12.0. The van der Waals surface area contributed by atoms with Gasteiger partial charge in [-0.15, -0.1) is 0 Å². The normalized spacial score (nSPS) is 11.5. The maximum atomic E-state index is 12.4. The molecule has 0 aromatic carbocycles. The Bertz CT molecular complexity index is 679. The van der Waals surface area contributed by atoms with E-state index in [-0.39, 0.29) is 23.6 Å². The highest BCUT2D eigenvalue weighted by Gasteiger charge is 2.13. The van der Waals surface area contributed by atoms with Gasteiger partial charge in [-0.1, -0.05) is 24.3 Å². The third kappa shape index (κ3) is 15.6. The Labute approximate surface area is 204 Å². The highest BCUT2D eigenvalue weighted by molar-refractivity contribution is 5.88. The predicted octanol–water partition coefficient (Wildman–Crippen LogP) is 2.74. The maximum Gasteiger partial charge on any atom is 0.246 e. The summed E-state index contributed by atoms with van der Waals surface area (Å²) in [6, 6.07) is 0. The van der Waals surface area contributed by atoms with Crippen molar-refractivity contribution in [2.24, 2.45) is 0 Å². The fourth-order valence-electron chi connectivity index (χ4n) is 3.15. The smallest absolute Gasteiger partial charge is 0.246 e. The molecule has 34 heavy (non-hydrogen) atoms. The van der Waals surface area contributed by atoms with E-state index in [4.69, 9.17) is 0 Å². The van der Waals surface area contributed by atoms with E-state index in [2.05, 4.69) is 10.6 Å². The molecule has 0 saturated carbocycles. The van der Waals surface area contributed by atoms with Gasteiger partial charge >= 0.3 is 0 Å². The number of carbonyl (C=O) groups excluding carboxylic acids is 4. The Kier molecular flexibility index (Phi) is 18.5. The van der Waals surface area contributed by atoms with Gasteiger partial charge in [-0.2, -0.15) is 0 Å². The van der Waals surface area contributed by atoms with Gasteiger partial charge in [-0.05, 0) is 77.7 Å². The molecule has 0 aliphatic heterocycles. The second-order valence-electron chi connectivity index (χ2n) is 7.65. The third-order valence-corrected chi connectivity index (χ3v) is 4.79. The molecule has 0 aliphatic rings. The Morgan fingerprint density at radius 3 is 1.18 bits per heavy atom. The van der Waals surface area contributed by atoms with E-state index >= 15 is 0 Å². The number of amides is 4. The van der Waals surface area contributed by atoms with Gasteiger partial charge in [0.1, 0.15) is 0 Å². The van der Waals surface area contributed by atoms with E-state index in [0.717, 1.165) is 12.8 Å². The first-order valence-electron chi connectivity index (χ1n) is 12.0. The van der Waals surface area contributed by atoms with Crippen LogP contribution in [0.5, 0.6) is 0 Å². The molecule has 0 fully saturated rings. The summed E-state index contributed by atoms with van der Waals surface area (Å²) in [5.41, 5.74) is 0. The lowest BCUT2D eigenvalue weighted by Gasteiger charge is -2.24. The van der Waals surface area contributed by atoms with E-state index in [1.165, 1.54) is 12.2 Å². The molecule has 4 amide bonds. The molecule has 0 unspecified atom stereocenters. The molecule has 0 heterocycles. The molecule has 2 N–H and O–H groups in total. The van der Waals surface area contributed by atoms with Gasteiger partial charge in [0.2, 0.25) is 23.6 Å². The monoisotopic (exact) mass is 474 g/mol. The van der Waals surface area contributed by atoms with Crippen molar-refractivity contribution in [2.75, 3.05) is 39.3 Å². The van der Waals surface area contributed by atoms with Gasteiger partial charge in [0.05, 0.1) is 0 Å². The summed E-state index contributed by atoms with van der Waals surface area (Å²) in [6.07, 6.45) is 15.7. The number of hydrogen-bond donors (Lipinski definition) is 2. The summed E-state index contributed by atoms with van der Waals surface area (Å²) in [5.74, 6) is -0.385. The third-order valence-electron chi connectivity index (χ3n) is 4.79. The number of nitrogens with zero attached hydrogens (tertiary/aromatic N) is 2. The quantitative estimate of drug-likeness (QED) is 0.250. The molecular weight excluding hydrogens is 432 g/mol.